The second-order valence-electron chi connectivity index (χ2n) is 7.47. The Morgan fingerprint density at radius 2 is 1.77 bits per heavy atom. The van der Waals surface area contributed by atoms with Crippen molar-refractivity contribution >= 4 is 44.5 Å². The van der Waals surface area contributed by atoms with Gasteiger partial charge in [-0.05, 0) is 70.1 Å². The van der Waals surface area contributed by atoms with Gasteiger partial charge in [-0.15, -0.1) is 11.8 Å². The Bertz CT molecular complexity index is 1230. The fourth-order valence-corrected chi connectivity index (χ4v) is 5.24. The van der Waals surface area contributed by atoms with Gasteiger partial charge in [0.15, 0.2) is 0 Å². The molecule has 1 atom stereocenters. The molecule has 2 heterocycles. The summed E-state index contributed by atoms with van der Waals surface area (Å²) in [7, 11) is 0. The molecule has 1 amide bonds. The van der Waals surface area contributed by atoms with Gasteiger partial charge in [-0.25, -0.2) is 0 Å². The van der Waals surface area contributed by atoms with Crippen LogP contribution in [0.15, 0.2) is 82.2 Å². The highest BCUT2D eigenvalue weighted by Gasteiger charge is 2.35. The third kappa shape index (κ3) is 3.26. The lowest BCUT2D eigenvalue weighted by Gasteiger charge is -2.36. The van der Waals surface area contributed by atoms with E-state index in [0.29, 0.717) is 12.1 Å². The maximum atomic E-state index is 13.6. The van der Waals surface area contributed by atoms with E-state index < -0.39 is 0 Å². The Balaban J connectivity index is 1.66. The van der Waals surface area contributed by atoms with E-state index in [9.17, 15) is 4.79 Å². The van der Waals surface area contributed by atoms with E-state index in [1.807, 2.05) is 29.2 Å². The van der Waals surface area contributed by atoms with Crippen molar-refractivity contribution in [1.82, 2.24) is 9.88 Å². The number of halogens is 1. The van der Waals surface area contributed by atoms with E-state index in [-0.39, 0.29) is 11.9 Å². The number of nitrogens with one attached hydrogen (secondary N) is 1. The van der Waals surface area contributed by atoms with E-state index >= 15 is 0 Å². The van der Waals surface area contributed by atoms with Crippen LogP contribution in [0.2, 0.25) is 0 Å². The summed E-state index contributed by atoms with van der Waals surface area (Å²) >= 11 is 5.29. The molecule has 1 aliphatic rings. The highest BCUT2D eigenvalue weighted by molar-refractivity contribution is 9.10. The van der Waals surface area contributed by atoms with Crippen LogP contribution in [0.4, 0.5) is 0 Å². The predicted octanol–water partition coefficient (Wildman–Crippen LogP) is 6.44. The summed E-state index contributed by atoms with van der Waals surface area (Å²) in [6.07, 6.45) is 2.92. The number of para-hydroxylation sites is 1. The number of benzene rings is 3. The minimum absolute atomic E-state index is 0.0470. The average molecular weight is 477 g/mol. The number of hydrogen-bond acceptors (Lipinski definition) is 2. The minimum Gasteiger partial charge on any atom is -0.356 e. The van der Waals surface area contributed by atoms with Crippen LogP contribution in [-0.4, -0.2) is 28.6 Å². The molecule has 0 spiro atoms. The van der Waals surface area contributed by atoms with Crippen molar-refractivity contribution in [3.05, 3.63) is 99.7 Å². The van der Waals surface area contributed by atoms with E-state index in [0.717, 1.165) is 27.7 Å². The molecule has 5 rings (SSSR count). The predicted molar refractivity (Wildman–Crippen MR) is 127 cm³/mol. The number of aromatic amines is 1. The van der Waals surface area contributed by atoms with Crippen LogP contribution >= 0.6 is 27.7 Å². The topological polar surface area (TPSA) is 36.1 Å². The maximum absolute atomic E-state index is 13.6. The summed E-state index contributed by atoms with van der Waals surface area (Å²) in [5.74, 6) is 0.0470. The van der Waals surface area contributed by atoms with Crippen molar-refractivity contribution < 1.29 is 4.79 Å². The number of carbonyl (C=O) groups excluding carboxylic acids is 1. The first-order valence-electron chi connectivity index (χ1n) is 9.96. The van der Waals surface area contributed by atoms with Gasteiger partial charge in [-0.3, -0.25) is 4.79 Å². The van der Waals surface area contributed by atoms with Gasteiger partial charge in [0.2, 0.25) is 0 Å². The van der Waals surface area contributed by atoms with Crippen molar-refractivity contribution in [2.45, 2.75) is 17.4 Å². The van der Waals surface area contributed by atoms with Crippen molar-refractivity contribution in [2.24, 2.45) is 0 Å². The van der Waals surface area contributed by atoms with Crippen LogP contribution in [-0.2, 0) is 6.42 Å². The highest BCUT2D eigenvalue weighted by Crippen LogP contribution is 2.39. The van der Waals surface area contributed by atoms with Gasteiger partial charge in [-0.1, -0.05) is 42.5 Å². The molecule has 0 aliphatic carbocycles. The Kier molecular flexibility index (Phi) is 5.17. The first kappa shape index (κ1) is 19.5. The number of fused-ring (bicyclic) bond motifs is 3. The number of amides is 1. The largest absolute Gasteiger partial charge is 0.356 e. The molecular formula is C25H21BrN2OS. The second kappa shape index (κ2) is 7.97. The first-order valence-corrected chi connectivity index (χ1v) is 12.0. The van der Waals surface area contributed by atoms with E-state index in [4.69, 9.17) is 0 Å². The van der Waals surface area contributed by atoms with Gasteiger partial charge in [0, 0.05) is 32.5 Å². The van der Waals surface area contributed by atoms with Gasteiger partial charge in [0.25, 0.3) is 5.91 Å². The third-order valence-electron chi connectivity index (χ3n) is 5.83. The highest BCUT2D eigenvalue weighted by atomic mass is 79.9. The van der Waals surface area contributed by atoms with Crippen LogP contribution in [0.1, 0.15) is 33.2 Å². The van der Waals surface area contributed by atoms with Gasteiger partial charge in [0.05, 0.1) is 11.6 Å². The zero-order valence-corrected chi connectivity index (χ0v) is 19.0. The Morgan fingerprint density at radius 3 is 2.53 bits per heavy atom. The average Bonchev–Trinajstić information content (AvgIpc) is 3.17. The standard InChI is InChI=1S/C25H21BrN2OS/c1-30-17-12-10-16(11-13-17)24-23-19(18-6-3-5-9-22(18)27-23)14-15-28(24)25(29)20-7-2-4-8-21(20)26/h2-13,24,27H,14-15H2,1H3/t24-/m1/s1. The van der Waals surface area contributed by atoms with Crippen LogP contribution in [0.25, 0.3) is 10.9 Å². The lowest BCUT2D eigenvalue weighted by atomic mass is 9.91. The number of carbonyl (C=O) groups is 1. The lowest BCUT2D eigenvalue weighted by molar-refractivity contribution is 0.0691. The molecular weight excluding hydrogens is 456 g/mol. The number of rotatable bonds is 3. The molecule has 0 fully saturated rings. The molecule has 0 bridgehead atoms. The first-order chi connectivity index (χ1) is 14.7. The van der Waals surface area contributed by atoms with Gasteiger partial charge in [-0.2, -0.15) is 0 Å². The van der Waals surface area contributed by atoms with Gasteiger partial charge >= 0.3 is 0 Å². The summed E-state index contributed by atoms with van der Waals surface area (Å²) in [6.45, 7) is 0.684. The van der Waals surface area contributed by atoms with Crippen molar-refractivity contribution in [2.75, 3.05) is 12.8 Å². The summed E-state index contributed by atoms with van der Waals surface area (Å²) in [4.78, 5) is 20.5. The van der Waals surface area contributed by atoms with Crippen LogP contribution in [0, 0.1) is 0 Å². The molecule has 0 unspecified atom stereocenters. The third-order valence-corrected chi connectivity index (χ3v) is 7.27. The zero-order valence-electron chi connectivity index (χ0n) is 16.6. The number of hydrogen-bond donors (Lipinski definition) is 1. The SMILES string of the molecule is CSc1ccc([C@@H]2c3[nH]c4ccccc4c3CCN2C(=O)c2ccccc2Br)cc1. The van der Waals surface area contributed by atoms with Crippen molar-refractivity contribution in [1.29, 1.82) is 0 Å². The quantitative estimate of drug-likeness (QED) is 0.345. The molecule has 1 aromatic heterocycles. The molecule has 1 N–H and O–H groups in total. The lowest BCUT2D eigenvalue weighted by Crippen LogP contribution is -2.40. The summed E-state index contributed by atoms with van der Waals surface area (Å²) in [6, 6.07) is 24.5. The smallest absolute Gasteiger partial charge is 0.255 e. The van der Waals surface area contributed by atoms with Gasteiger partial charge in [0.1, 0.15) is 0 Å². The molecule has 30 heavy (non-hydrogen) atoms. The number of nitrogens with zero attached hydrogens (tertiary/aromatic N) is 1. The molecule has 5 heteroatoms. The van der Waals surface area contributed by atoms with Crippen molar-refractivity contribution in [3.8, 4) is 0 Å². The van der Waals surface area contributed by atoms with Crippen molar-refractivity contribution in [3.63, 3.8) is 0 Å². The number of aromatic nitrogens is 1. The Labute approximate surface area is 188 Å². The summed E-state index contributed by atoms with van der Waals surface area (Å²) < 4.78 is 0.828. The molecule has 0 saturated carbocycles. The molecule has 0 radical (unpaired) electrons. The molecule has 3 aromatic carbocycles. The fourth-order valence-electron chi connectivity index (χ4n) is 4.38. The molecule has 3 nitrogen and oxygen atoms in total. The van der Waals surface area contributed by atoms with E-state index in [2.05, 4.69) is 75.7 Å². The normalized spacial score (nSPS) is 15.9. The fraction of sp³-hybridized carbons (Fsp3) is 0.160. The monoisotopic (exact) mass is 476 g/mol. The molecule has 0 saturated heterocycles. The van der Waals surface area contributed by atoms with E-state index in [1.54, 1.807) is 11.8 Å². The second-order valence-corrected chi connectivity index (χ2v) is 9.20. The number of H-pyrrole nitrogens is 1. The molecule has 1 aliphatic heterocycles. The minimum atomic E-state index is -0.142. The summed E-state index contributed by atoms with van der Waals surface area (Å²) in [5, 5.41) is 1.26. The summed E-state index contributed by atoms with van der Waals surface area (Å²) in [5.41, 5.74) is 5.40. The maximum Gasteiger partial charge on any atom is 0.255 e. The van der Waals surface area contributed by atoms with E-state index in [1.165, 1.54) is 15.8 Å². The Hall–Kier alpha value is -2.50. The zero-order chi connectivity index (χ0) is 20.7. The van der Waals surface area contributed by atoms with Gasteiger partial charge < -0.3 is 9.88 Å². The van der Waals surface area contributed by atoms with Crippen LogP contribution < -0.4 is 0 Å². The molecule has 150 valence electrons. The van der Waals surface area contributed by atoms with Crippen LogP contribution in [0.5, 0.6) is 0 Å². The Morgan fingerprint density at radius 1 is 1.03 bits per heavy atom. The number of thioether (sulfide) groups is 1. The van der Waals surface area contributed by atoms with Crippen LogP contribution in [0.3, 0.4) is 0 Å². The molecule has 4 aromatic rings.